The summed E-state index contributed by atoms with van der Waals surface area (Å²) in [7, 11) is 3.64. The minimum atomic E-state index is -0.0449. The summed E-state index contributed by atoms with van der Waals surface area (Å²) >= 11 is 0. The van der Waals surface area contributed by atoms with Crippen molar-refractivity contribution in [1.82, 2.24) is 4.90 Å². The van der Waals surface area contributed by atoms with Crippen LogP contribution in [0.15, 0.2) is 36.0 Å². The van der Waals surface area contributed by atoms with Crippen molar-refractivity contribution in [2.24, 2.45) is 0 Å². The highest BCUT2D eigenvalue weighted by atomic mass is 16.1. The Morgan fingerprint density at radius 2 is 1.79 bits per heavy atom. The van der Waals surface area contributed by atoms with Gasteiger partial charge in [0.1, 0.15) is 0 Å². The molecule has 1 aliphatic carbocycles. The van der Waals surface area contributed by atoms with E-state index in [0.29, 0.717) is 18.4 Å². The van der Waals surface area contributed by atoms with Crippen LogP contribution in [-0.2, 0) is 9.59 Å². The number of allylic oxidation sites excluding steroid dienone is 1. The van der Waals surface area contributed by atoms with Crippen molar-refractivity contribution in [3.8, 4) is 0 Å². The van der Waals surface area contributed by atoms with Crippen LogP contribution in [0.2, 0.25) is 0 Å². The van der Waals surface area contributed by atoms with E-state index in [1.54, 1.807) is 11.1 Å². The molecule has 0 aliphatic heterocycles. The highest BCUT2D eigenvalue weighted by Gasteiger charge is 2.31. The van der Waals surface area contributed by atoms with Crippen molar-refractivity contribution in [3.05, 3.63) is 47.2 Å². The Balaban J connectivity index is 2.23. The smallest absolute Gasteiger partial charge is 0.168 e. The van der Waals surface area contributed by atoms with Gasteiger partial charge in [-0.2, -0.15) is 0 Å². The predicted octanol–water partition coefficient (Wildman–Crippen LogP) is 2.46. The third-order valence-corrected chi connectivity index (χ3v) is 3.37. The average molecular weight is 257 g/mol. The van der Waals surface area contributed by atoms with Gasteiger partial charge in [-0.1, -0.05) is 29.8 Å². The summed E-state index contributed by atoms with van der Waals surface area (Å²) in [4.78, 5) is 25.9. The van der Waals surface area contributed by atoms with E-state index >= 15 is 0 Å². The maximum atomic E-state index is 12.1. The second-order valence-electron chi connectivity index (χ2n) is 5.37. The molecule has 0 radical (unpaired) electrons. The molecule has 19 heavy (non-hydrogen) atoms. The number of hydrogen-bond acceptors (Lipinski definition) is 3. The molecule has 0 unspecified atom stereocenters. The molecule has 2 rings (SSSR count). The Labute approximate surface area is 113 Å². The Morgan fingerprint density at radius 3 is 2.32 bits per heavy atom. The predicted molar refractivity (Wildman–Crippen MR) is 74.9 cm³/mol. The molecule has 1 saturated carbocycles. The number of benzene rings is 1. The Morgan fingerprint density at radius 1 is 1.16 bits per heavy atom. The zero-order valence-corrected chi connectivity index (χ0v) is 11.6. The van der Waals surface area contributed by atoms with Crippen LogP contribution in [0.4, 0.5) is 0 Å². The van der Waals surface area contributed by atoms with Crippen LogP contribution < -0.4 is 0 Å². The molecule has 1 aromatic rings. The molecule has 0 atom stereocenters. The van der Waals surface area contributed by atoms with Gasteiger partial charge in [0, 0.05) is 33.1 Å². The number of rotatable bonds is 2. The third kappa shape index (κ3) is 3.11. The third-order valence-electron chi connectivity index (χ3n) is 3.37. The van der Waals surface area contributed by atoms with E-state index < -0.39 is 0 Å². The number of ketones is 2. The van der Waals surface area contributed by atoms with Crippen LogP contribution in [0, 0.1) is 6.92 Å². The van der Waals surface area contributed by atoms with E-state index in [0.717, 1.165) is 11.1 Å². The van der Waals surface area contributed by atoms with Crippen LogP contribution in [0.5, 0.6) is 0 Å². The fourth-order valence-electron chi connectivity index (χ4n) is 2.46. The highest BCUT2D eigenvalue weighted by Crippen LogP contribution is 2.31. The number of hydrogen-bond donors (Lipinski definition) is 0. The molecule has 0 amide bonds. The number of Topliss-reactive ketones (excluding diaryl/α,β-unsaturated/α-hetero) is 2. The van der Waals surface area contributed by atoms with Crippen molar-refractivity contribution in [3.63, 3.8) is 0 Å². The lowest BCUT2D eigenvalue weighted by Crippen LogP contribution is -2.26. The first-order valence-corrected chi connectivity index (χ1v) is 6.48. The molecule has 1 fully saturated rings. The summed E-state index contributed by atoms with van der Waals surface area (Å²) < 4.78 is 0. The molecule has 0 N–H and O–H groups in total. The van der Waals surface area contributed by atoms with Gasteiger partial charge in [-0.15, -0.1) is 0 Å². The minimum absolute atomic E-state index is 0.0270. The fraction of sp³-hybridized carbons (Fsp3) is 0.375. The summed E-state index contributed by atoms with van der Waals surface area (Å²) in [5, 5.41) is 0. The number of carbonyl (C=O) groups is 2. The van der Waals surface area contributed by atoms with E-state index in [9.17, 15) is 9.59 Å². The lowest BCUT2D eigenvalue weighted by Gasteiger charge is -2.23. The lowest BCUT2D eigenvalue weighted by molar-refractivity contribution is -0.124. The van der Waals surface area contributed by atoms with Gasteiger partial charge in [-0.05, 0) is 18.4 Å². The van der Waals surface area contributed by atoms with Crippen molar-refractivity contribution >= 4 is 11.6 Å². The summed E-state index contributed by atoms with van der Waals surface area (Å²) in [5.41, 5.74) is 2.59. The van der Waals surface area contributed by atoms with Crippen LogP contribution in [0.1, 0.15) is 29.9 Å². The first kappa shape index (κ1) is 13.5. The number of carbonyl (C=O) groups excluding carboxylic acids is 2. The summed E-state index contributed by atoms with van der Waals surface area (Å²) in [5.74, 6) is -0.0628. The lowest BCUT2D eigenvalue weighted by atomic mass is 9.80. The largest absolute Gasteiger partial charge is 0.383 e. The van der Waals surface area contributed by atoms with E-state index in [-0.39, 0.29) is 17.5 Å². The molecule has 0 bridgehead atoms. The first-order valence-electron chi connectivity index (χ1n) is 6.48. The summed E-state index contributed by atoms with van der Waals surface area (Å²) in [6.45, 7) is 2.02. The van der Waals surface area contributed by atoms with Crippen LogP contribution >= 0.6 is 0 Å². The topological polar surface area (TPSA) is 37.4 Å². The zero-order chi connectivity index (χ0) is 14.0. The van der Waals surface area contributed by atoms with Crippen molar-refractivity contribution in [1.29, 1.82) is 0 Å². The van der Waals surface area contributed by atoms with Crippen LogP contribution in [0.25, 0.3) is 0 Å². The van der Waals surface area contributed by atoms with E-state index in [4.69, 9.17) is 0 Å². The summed E-state index contributed by atoms with van der Waals surface area (Å²) in [6.07, 6.45) is 2.49. The fourth-order valence-corrected chi connectivity index (χ4v) is 2.46. The van der Waals surface area contributed by atoms with E-state index in [1.807, 2.05) is 39.2 Å². The molecule has 0 aromatic heterocycles. The van der Waals surface area contributed by atoms with Gasteiger partial charge in [0.25, 0.3) is 0 Å². The van der Waals surface area contributed by atoms with E-state index in [1.165, 1.54) is 0 Å². The zero-order valence-electron chi connectivity index (χ0n) is 11.6. The van der Waals surface area contributed by atoms with E-state index in [2.05, 4.69) is 6.07 Å². The van der Waals surface area contributed by atoms with Gasteiger partial charge >= 0.3 is 0 Å². The highest BCUT2D eigenvalue weighted by molar-refractivity contribution is 6.22. The minimum Gasteiger partial charge on any atom is -0.383 e. The van der Waals surface area contributed by atoms with Gasteiger partial charge in [0.05, 0.1) is 5.57 Å². The Hall–Kier alpha value is -1.90. The molecule has 1 aromatic carbocycles. The number of aryl methyl sites for hydroxylation is 1. The maximum absolute atomic E-state index is 12.1. The molecular formula is C16H19NO2. The van der Waals surface area contributed by atoms with Gasteiger partial charge in [-0.25, -0.2) is 0 Å². The molecule has 100 valence electrons. The Kier molecular flexibility index (Phi) is 3.84. The van der Waals surface area contributed by atoms with Crippen LogP contribution in [0.3, 0.4) is 0 Å². The average Bonchev–Trinajstić information content (AvgIpc) is 2.33. The Bertz CT molecular complexity index is 523. The van der Waals surface area contributed by atoms with Gasteiger partial charge in [0.2, 0.25) is 0 Å². The second-order valence-corrected chi connectivity index (χ2v) is 5.37. The molecular weight excluding hydrogens is 238 g/mol. The molecule has 3 nitrogen and oxygen atoms in total. The second kappa shape index (κ2) is 5.39. The SMILES string of the molecule is Cc1cccc(C2CC(=O)C(=CN(C)C)C(=O)C2)c1. The quantitative estimate of drug-likeness (QED) is 0.603. The normalized spacial score (nSPS) is 19.5. The van der Waals surface area contributed by atoms with Gasteiger partial charge in [-0.3, -0.25) is 9.59 Å². The first-order chi connectivity index (χ1) is 8.97. The van der Waals surface area contributed by atoms with Crippen molar-refractivity contribution < 1.29 is 9.59 Å². The van der Waals surface area contributed by atoms with Crippen molar-refractivity contribution in [2.75, 3.05) is 14.1 Å². The molecule has 0 spiro atoms. The maximum Gasteiger partial charge on any atom is 0.168 e. The monoisotopic (exact) mass is 257 g/mol. The van der Waals surface area contributed by atoms with Gasteiger partial charge in [0.15, 0.2) is 11.6 Å². The molecule has 1 aliphatic rings. The van der Waals surface area contributed by atoms with Gasteiger partial charge < -0.3 is 4.90 Å². The van der Waals surface area contributed by atoms with Crippen LogP contribution in [-0.4, -0.2) is 30.6 Å². The standard InChI is InChI=1S/C16H19NO2/c1-11-5-4-6-12(7-11)13-8-15(18)14(10-17(2)3)16(19)9-13/h4-7,10,13H,8-9H2,1-3H3. The number of nitrogens with zero attached hydrogens (tertiary/aromatic N) is 1. The van der Waals surface area contributed by atoms with Crippen molar-refractivity contribution in [2.45, 2.75) is 25.7 Å². The molecule has 0 heterocycles. The summed E-state index contributed by atoms with van der Waals surface area (Å²) in [6, 6.07) is 8.06. The molecule has 0 saturated heterocycles. The molecule has 3 heteroatoms.